The molecule has 0 radical (unpaired) electrons. The number of amides is 3. The summed E-state index contributed by atoms with van der Waals surface area (Å²) in [6.45, 7) is 2.08. The van der Waals surface area contributed by atoms with Crippen LogP contribution in [0.3, 0.4) is 0 Å². The molecule has 1 saturated heterocycles. The molecule has 0 spiro atoms. The van der Waals surface area contributed by atoms with Crippen molar-refractivity contribution in [3.63, 3.8) is 0 Å². The van der Waals surface area contributed by atoms with Crippen LogP contribution in [0.1, 0.15) is 56.9 Å². The zero-order chi connectivity index (χ0) is 18.9. The molecular formula is C22H33N3O2. The molecule has 0 bridgehead atoms. The summed E-state index contributed by atoms with van der Waals surface area (Å²) in [6.07, 6.45) is 9.42. The number of nitrogens with zero attached hydrogens (tertiary/aromatic N) is 1. The molecule has 1 aromatic carbocycles. The molecule has 5 heteroatoms. The molecule has 2 fully saturated rings. The Morgan fingerprint density at radius 2 is 1.67 bits per heavy atom. The molecule has 1 heterocycles. The molecule has 2 aliphatic rings. The first kappa shape index (κ1) is 19.7. The van der Waals surface area contributed by atoms with Gasteiger partial charge in [0.25, 0.3) is 0 Å². The monoisotopic (exact) mass is 371 g/mol. The van der Waals surface area contributed by atoms with Crippen LogP contribution in [-0.2, 0) is 11.2 Å². The zero-order valence-corrected chi connectivity index (χ0v) is 16.3. The van der Waals surface area contributed by atoms with Gasteiger partial charge in [-0.25, -0.2) is 4.79 Å². The van der Waals surface area contributed by atoms with Crippen LogP contribution >= 0.6 is 0 Å². The third-order valence-electron chi connectivity index (χ3n) is 5.87. The van der Waals surface area contributed by atoms with Crippen LogP contribution < -0.4 is 10.6 Å². The maximum atomic E-state index is 12.4. The third-order valence-corrected chi connectivity index (χ3v) is 5.87. The molecule has 1 aromatic rings. The number of carbonyl (C=O) groups excluding carboxylic acids is 2. The first-order chi connectivity index (χ1) is 13.2. The van der Waals surface area contributed by atoms with Crippen molar-refractivity contribution in [2.45, 2.75) is 63.8 Å². The molecule has 1 saturated carbocycles. The Hall–Kier alpha value is -2.04. The molecule has 0 unspecified atom stereocenters. The predicted molar refractivity (Wildman–Crippen MR) is 107 cm³/mol. The second kappa shape index (κ2) is 10.3. The number of hydrogen-bond donors (Lipinski definition) is 2. The second-order valence-corrected chi connectivity index (χ2v) is 7.93. The van der Waals surface area contributed by atoms with Crippen molar-refractivity contribution in [1.82, 2.24) is 15.5 Å². The van der Waals surface area contributed by atoms with Gasteiger partial charge in [0.15, 0.2) is 0 Å². The van der Waals surface area contributed by atoms with Crippen LogP contribution in [0.15, 0.2) is 30.3 Å². The topological polar surface area (TPSA) is 61.4 Å². The highest BCUT2D eigenvalue weighted by atomic mass is 16.2. The smallest absolute Gasteiger partial charge is 0.317 e. The molecule has 1 aliphatic carbocycles. The van der Waals surface area contributed by atoms with E-state index in [1.807, 2.05) is 23.1 Å². The average molecular weight is 372 g/mol. The minimum Gasteiger partial charge on any atom is -0.356 e. The van der Waals surface area contributed by atoms with E-state index < -0.39 is 0 Å². The summed E-state index contributed by atoms with van der Waals surface area (Å²) in [4.78, 5) is 26.7. The Balaban J connectivity index is 1.31. The van der Waals surface area contributed by atoms with Crippen molar-refractivity contribution < 1.29 is 9.59 Å². The van der Waals surface area contributed by atoms with Crippen molar-refractivity contribution in [2.24, 2.45) is 5.92 Å². The quantitative estimate of drug-likeness (QED) is 0.752. The van der Waals surface area contributed by atoms with Crippen LogP contribution in [0.5, 0.6) is 0 Å². The fourth-order valence-corrected chi connectivity index (χ4v) is 4.15. The number of nitrogens with one attached hydrogen (secondary N) is 2. The minimum absolute atomic E-state index is 0.0421. The lowest BCUT2D eigenvalue weighted by atomic mass is 9.95. The van der Waals surface area contributed by atoms with Gasteiger partial charge in [0, 0.05) is 31.6 Å². The molecular weight excluding hydrogens is 338 g/mol. The second-order valence-electron chi connectivity index (χ2n) is 7.93. The molecule has 0 aromatic heterocycles. The van der Waals surface area contributed by atoms with E-state index in [1.165, 1.54) is 24.8 Å². The number of carbonyl (C=O) groups is 2. The van der Waals surface area contributed by atoms with Crippen LogP contribution in [0.25, 0.3) is 0 Å². The van der Waals surface area contributed by atoms with Gasteiger partial charge in [-0.15, -0.1) is 0 Å². The van der Waals surface area contributed by atoms with E-state index in [0.29, 0.717) is 19.1 Å². The normalized spacial score (nSPS) is 18.9. The largest absolute Gasteiger partial charge is 0.356 e. The van der Waals surface area contributed by atoms with E-state index in [2.05, 4.69) is 22.8 Å². The van der Waals surface area contributed by atoms with Gasteiger partial charge in [-0.1, -0.05) is 49.6 Å². The van der Waals surface area contributed by atoms with E-state index in [0.717, 1.165) is 45.1 Å². The van der Waals surface area contributed by atoms with Gasteiger partial charge in [-0.3, -0.25) is 4.79 Å². The van der Waals surface area contributed by atoms with Crippen LogP contribution in [-0.4, -0.2) is 42.5 Å². The predicted octanol–water partition coefficient (Wildman–Crippen LogP) is 3.49. The highest BCUT2D eigenvalue weighted by Gasteiger charge is 2.28. The number of urea groups is 1. The van der Waals surface area contributed by atoms with Gasteiger partial charge in [0.1, 0.15) is 0 Å². The Bertz CT molecular complexity index is 591. The summed E-state index contributed by atoms with van der Waals surface area (Å²) < 4.78 is 0. The van der Waals surface area contributed by atoms with Crippen molar-refractivity contribution >= 4 is 11.9 Å². The van der Waals surface area contributed by atoms with E-state index in [9.17, 15) is 9.59 Å². The molecule has 27 heavy (non-hydrogen) atoms. The molecule has 5 nitrogen and oxygen atoms in total. The van der Waals surface area contributed by atoms with Gasteiger partial charge in [-0.05, 0) is 44.1 Å². The van der Waals surface area contributed by atoms with Gasteiger partial charge in [0.2, 0.25) is 5.91 Å². The summed E-state index contributed by atoms with van der Waals surface area (Å²) >= 11 is 0. The van der Waals surface area contributed by atoms with Crippen LogP contribution in [0, 0.1) is 5.92 Å². The molecule has 2 N–H and O–H groups in total. The summed E-state index contributed by atoms with van der Waals surface area (Å²) in [7, 11) is 0. The standard InChI is InChI=1S/C22H33N3O2/c26-21(23-15-7-10-18-8-3-1-4-9-18)19-13-16-25(17-14-19)22(27)24-20-11-5-2-6-12-20/h1,3-4,8-9,19-20H,2,5-7,10-17H2,(H,23,26)(H,24,27). The van der Waals surface area contributed by atoms with E-state index >= 15 is 0 Å². The molecule has 1 aliphatic heterocycles. The van der Waals surface area contributed by atoms with Crippen molar-refractivity contribution in [3.05, 3.63) is 35.9 Å². The minimum atomic E-state index is 0.0421. The molecule has 0 atom stereocenters. The first-order valence-electron chi connectivity index (χ1n) is 10.6. The Kier molecular flexibility index (Phi) is 7.55. The molecule has 3 amide bonds. The summed E-state index contributed by atoms with van der Waals surface area (Å²) in [6, 6.07) is 10.8. The van der Waals surface area contributed by atoms with Crippen molar-refractivity contribution in [3.8, 4) is 0 Å². The van der Waals surface area contributed by atoms with E-state index in [4.69, 9.17) is 0 Å². The average Bonchev–Trinajstić information content (AvgIpc) is 2.72. The van der Waals surface area contributed by atoms with Crippen molar-refractivity contribution in [2.75, 3.05) is 19.6 Å². The first-order valence-corrected chi connectivity index (χ1v) is 10.6. The van der Waals surface area contributed by atoms with Gasteiger partial charge < -0.3 is 15.5 Å². The number of aryl methyl sites for hydroxylation is 1. The number of rotatable bonds is 6. The summed E-state index contributed by atoms with van der Waals surface area (Å²) in [5, 5.41) is 6.25. The van der Waals surface area contributed by atoms with Crippen molar-refractivity contribution in [1.29, 1.82) is 0 Å². The maximum absolute atomic E-state index is 12.4. The van der Waals surface area contributed by atoms with Gasteiger partial charge in [0.05, 0.1) is 0 Å². The number of hydrogen-bond acceptors (Lipinski definition) is 2. The van der Waals surface area contributed by atoms with Crippen LogP contribution in [0.2, 0.25) is 0 Å². The highest BCUT2D eigenvalue weighted by molar-refractivity contribution is 5.79. The van der Waals surface area contributed by atoms with E-state index in [-0.39, 0.29) is 17.9 Å². The highest BCUT2D eigenvalue weighted by Crippen LogP contribution is 2.20. The lowest BCUT2D eigenvalue weighted by Crippen LogP contribution is -2.49. The number of benzene rings is 1. The van der Waals surface area contributed by atoms with Crippen LogP contribution in [0.4, 0.5) is 4.79 Å². The van der Waals surface area contributed by atoms with Gasteiger partial charge >= 0.3 is 6.03 Å². The Morgan fingerprint density at radius 1 is 0.963 bits per heavy atom. The SMILES string of the molecule is O=C(NCCCc1ccccc1)C1CCN(C(=O)NC2CCCCC2)CC1. The lowest BCUT2D eigenvalue weighted by molar-refractivity contribution is -0.126. The molecule has 148 valence electrons. The maximum Gasteiger partial charge on any atom is 0.317 e. The number of likely N-dealkylation sites (tertiary alicyclic amines) is 1. The number of piperidine rings is 1. The Morgan fingerprint density at radius 3 is 2.37 bits per heavy atom. The van der Waals surface area contributed by atoms with Gasteiger partial charge in [-0.2, -0.15) is 0 Å². The third kappa shape index (κ3) is 6.26. The Labute approximate surface area is 162 Å². The molecule has 3 rings (SSSR count). The summed E-state index contributed by atoms with van der Waals surface area (Å²) in [5.41, 5.74) is 1.31. The summed E-state index contributed by atoms with van der Waals surface area (Å²) in [5.74, 6) is 0.191. The van der Waals surface area contributed by atoms with E-state index in [1.54, 1.807) is 0 Å². The fourth-order valence-electron chi connectivity index (χ4n) is 4.15. The lowest BCUT2D eigenvalue weighted by Gasteiger charge is -2.33. The zero-order valence-electron chi connectivity index (χ0n) is 16.3. The fraction of sp³-hybridized carbons (Fsp3) is 0.636.